The van der Waals surface area contributed by atoms with E-state index in [0.717, 1.165) is 17.0 Å². The van der Waals surface area contributed by atoms with Crippen molar-refractivity contribution >= 4 is 17.7 Å². The minimum atomic E-state index is -0.646. The van der Waals surface area contributed by atoms with Gasteiger partial charge >= 0.3 is 5.97 Å². The van der Waals surface area contributed by atoms with Crippen molar-refractivity contribution in [1.82, 2.24) is 9.97 Å². The van der Waals surface area contributed by atoms with E-state index in [-0.39, 0.29) is 12.2 Å². The number of aromatic amines is 1. The van der Waals surface area contributed by atoms with Crippen LogP contribution in [0.25, 0.3) is 0 Å². The number of aryl methyl sites for hydroxylation is 2. The number of esters is 1. The highest BCUT2D eigenvalue weighted by molar-refractivity contribution is 8.06. The number of H-pyrrole nitrogens is 1. The van der Waals surface area contributed by atoms with Crippen LogP contribution >= 0.6 is 11.8 Å². The molecule has 1 aromatic heterocycles. The van der Waals surface area contributed by atoms with E-state index >= 15 is 0 Å². The second kappa shape index (κ2) is 15.7. The number of carbonyl (C=O) groups excluding carboxylic acids is 1. The number of aromatic nitrogens is 2. The van der Waals surface area contributed by atoms with Gasteiger partial charge in [0.15, 0.2) is 0 Å². The van der Waals surface area contributed by atoms with E-state index in [2.05, 4.69) is 43.6 Å². The van der Waals surface area contributed by atoms with Crippen LogP contribution in [0.4, 0.5) is 0 Å². The fourth-order valence-electron chi connectivity index (χ4n) is 1.23. The van der Waals surface area contributed by atoms with Gasteiger partial charge in [0.1, 0.15) is 18.2 Å². The molecule has 0 aliphatic rings. The number of ether oxygens (including phenoxy) is 1. The van der Waals surface area contributed by atoms with Crippen molar-refractivity contribution in [2.45, 2.75) is 48.0 Å². The zero-order valence-electron chi connectivity index (χ0n) is 17.3. The first-order valence-electron chi connectivity index (χ1n) is 8.54. The minimum Gasteiger partial charge on any atom is -0.457 e. The van der Waals surface area contributed by atoms with Gasteiger partial charge in [-0.2, -0.15) is 5.26 Å². The maximum absolute atomic E-state index is 11.5. The van der Waals surface area contributed by atoms with E-state index in [0.29, 0.717) is 9.81 Å². The molecule has 27 heavy (non-hydrogen) atoms. The van der Waals surface area contributed by atoms with Crippen LogP contribution in [0.1, 0.15) is 45.5 Å². The van der Waals surface area contributed by atoms with Gasteiger partial charge < -0.3 is 9.72 Å². The summed E-state index contributed by atoms with van der Waals surface area (Å²) in [6, 6.07) is 1.83. The van der Waals surface area contributed by atoms with Crippen molar-refractivity contribution in [3.63, 3.8) is 0 Å². The Bertz CT molecular complexity index is 693. The zero-order chi connectivity index (χ0) is 21.4. The van der Waals surface area contributed by atoms with Crippen LogP contribution in [0, 0.1) is 25.2 Å². The van der Waals surface area contributed by atoms with Crippen LogP contribution in [0.3, 0.4) is 0 Å². The van der Waals surface area contributed by atoms with Gasteiger partial charge in [-0.3, -0.25) is 0 Å². The smallest absolute Gasteiger partial charge is 0.350 e. The van der Waals surface area contributed by atoms with Crippen LogP contribution in [-0.4, -0.2) is 22.5 Å². The summed E-state index contributed by atoms with van der Waals surface area (Å²) in [5, 5.41) is 8.92. The van der Waals surface area contributed by atoms with Crippen molar-refractivity contribution in [2.24, 2.45) is 0 Å². The SMILES string of the molecule is C=CCOC(=O)/C(C#N)=C(/C)SC(=C)C(=C)C.CCC.Cc1nc[nH]c1C. The summed E-state index contributed by atoms with van der Waals surface area (Å²) >= 11 is 1.24. The van der Waals surface area contributed by atoms with Crippen molar-refractivity contribution < 1.29 is 9.53 Å². The van der Waals surface area contributed by atoms with Gasteiger partial charge in [-0.15, -0.1) is 0 Å². The van der Waals surface area contributed by atoms with Crippen molar-refractivity contribution in [3.8, 4) is 6.07 Å². The molecule has 5 nitrogen and oxygen atoms in total. The Morgan fingerprint density at radius 1 is 1.37 bits per heavy atom. The standard InChI is InChI=1S/C13H15NO2S.C5H8N2.C3H8/c1-6-7-16-13(15)12(8-14)11(5)17-10(4)9(2)3;1-4-5(2)7-3-6-4;1-3-2/h6H,1-2,4,7H2,3,5H3;3H,1-2H3,(H,6,7);3H2,1-2H3/b12-11-;;. The number of hydrogen-bond donors (Lipinski definition) is 1. The number of imidazole rings is 1. The Morgan fingerprint density at radius 3 is 2.22 bits per heavy atom. The molecule has 6 heteroatoms. The van der Waals surface area contributed by atoms with Gasteiger partial charge in [0, 0.05) is 15.5 Å². The summed E-state index contributed by atoms with van der Waals surface area (Å²) < 4.78 is 4.80. The molecule has 0 fully saturated rings. The maximum Gasteiger partial charge on any atom is 0.350 e. The third kappa shape index (κ3) is 12.5. The molecule has 0 aliphatic heterocycles. The highest BCUT2D eigenvalue weighted by Crippen LogP contribution is 2.30. The maximum atomic E-state index is 11.5. The summed E-state index contributed by atoms with van der Waals surface area (Å²) in [7, 11) is 0. The van der Waals surface area contributed by atoms with Gasteiger partial charge in [0.05, 0.1) is 12.0 Å². The quantitative estimate of drug-likeness (QED) is 0.219. The van der Waals surface area contributed by atoms with Gasteiger partial charge in [0.2, 0.25) is 0 Å². The van der Waals surface area contributed by atoms with Gasteiger partial charge in [0.25, 0.3) is 0 Å². The fraction of sp³-hybridized carbons (Fsp3) is 0.381. The number of hydrogen-bond acceptors (Lipinski definition) is 5. The van der Waals surface area contributed by atoms with E-state index in [1.54, 1.807) is 13.3 Å². The first-order valence-corrected chi connectivity index (χ1v) is 9.35. The van der Waals surface area contributed by atoms with Gasteiger partial charge in [-0.1, -0.05) is 57.8 Å². The number of nitriles is 1. The van der Waals surface area contributed by atoms with Gasteiger partial charge in [-0.05, 0) is 33.3 Å². The Kier molecular flexibility index (Phi) is 15.5. The number of carbonyl (C=O) groups is 1. The lowest BCUT2D eigenvalue weighted by atomic mass is 10.3. The van der Waals surface area contributed by atoms with Crippen LogP contribution in [-0.2, 0) is 9.53 Å². The zero-order valence-corrected chi connectivity index (χ0v) is 18.1. The third-order valence-corrected chi connectivity index (χ3v) is 3.94. The molecular formula is C21H31N3O2S. The summed E-state index contributed by atoms with van der Waals surface area (Å²) in [4.78, 5) is 19.7. The molecule has 0 aromatic carbocycles. The van der Waals surface area contributed by atoms with Crippen molar-refractivity contribution in [1.29, 1.82) is 5.26 Å². The highest BCUT2D eigenvalue weighted by Gasteiger charge is 2.15. The largest absolute Gasteiger partial charge is 0.457 e. The molecule has 1 rings (SSSR count). The minimum absolute atomic E-state index is 0.0146. The molecule has 0 saturated carbocycles. The lowest BCUT2D eigenvalue weighted by Crippen LogP contribution is -2.08. The predicted molar refractivity (Wildman–Crippen MR) is 115 cm³/mol. The summed E-state index contributed by atoms with van der Waals surface area (Å²) in [6.07, 6.45) is 4.40. The van der Waals surface area contributed by atoms with Crippen LogP contribution in [0.2, 0.25) is 0 Å². The Hall–Kier alpha value is -2.52. The molecule has 1 heterocycles. The number of nitrogens with zero attached hydrogens (tertiary/aromatic N) is 2. The second-order valence-electron chi connectivity index (χ2n) is 5.56. The summed E-state index contributed by atoms with van der Waals surface area (Å²) in [5.74, 6) is -0.646. The lowest BCUT2D eigenvalue weighted by molar-refractivity contribution is -0.137. The molecule has 0 radical (unpaired) electrons. The summed E-state index contributed by atoms with van der Waals surface area (Å²) in [5.41, 5.74) is 3.02. The average Bonchev–Trinajstić information content (AvgIpc) is 2.98. The molecule has 0 spiro atoms. The highest BCUT2D eigenvalue weighted by atomic mass is 32.2. The molecular weight excluding hydrogens is 358 g/mol. The van der Waals surface area contributed by atoms with Crippen LogP contribution in [0.5, 0.6) is 0 Å². The second-order valence-corrected chi connectivity index (χ2v) is 6.87. The predicted octanol–water partition coefficient (Wildman–Crippen LogP) is 5.78. The molecule has 0 aliphatic carbocycles. The number of rotatable bonds is 6. The molecule has 0 saturated heterocycles. The molecule has 0 amide bonds. The Labute approximate surface area is 167 Å². The molecule has 0 atom stereocenters. The first-order chi connectivity index (χ1) is 12.7. The lowest BCUT2D eigenvalue weighted by Gasteiger charge is -2.07. The first kappa shape index (κ1) is 26.7. The topological polar surface area (TPSA) is 78.8 Å². The van der Waals surface area contributed by atoms with Crippen molar-refractivity contribution in [3.05, 3.63) is 64.5 Å². The van der Waals surface area contributed by atoms with E-state index in [4.69, 9.17) is 10.00 Å². The van der Waals surface area contributed by atoms with Gasteiger partial charge in [-0.25, -0.2) is 9.78 Å². The molecule has 1 aromatic rings. The van der Waals surface area contributed by atoms with E-state index in [9.17, 15) is 4.79 Å². The fourth-order valence-corrected chi connectivity index (χ4v) is 2.00. The van der Waals surface area contributed by atoms with Crippen molar-refractivity contribution in [2.75, 3.05) is 6.61 Å². The normalized spacial score (nSPS) is 9.96. The van der Waals surface area contributed by atoms with E-state index < -0.39 is 5.97 Å². The number of nitrogens with one attached hydrogen (secondary N) is 1. The van der Waals surface area contributed by atoms with E-state index in [1.165, 1.54) is 24.3 Å². The third-order valence-electron chi connectivity index (χ3n) is 2.83. The van der Waals surface area contributed by atoms with Crippen LogP contribution in [0.15, 0.2) is 53.1 Å². The summed E-state index contributed by atoms with van der Waals surface area (Å²) in [6.45, 7) is 22.7. The number of allylic oxidation sites excluding steroid dienone is 2. The molecule has 0 bridgehead atoms. The van der Waals surface area contributed by atoms with Crippen LogP contribution < -0.4 is 0 Å². The molecule has 148 valence electrons. The van der Waals surface area contributed by atoms with E-state index in [1.807, 2.05) is 26.8 Å². The average molecular weight is 390 g/mol. The molecule has 0 unspecified atom stereocenters. The monoisotopic (exact) mass is 389 g/mol. The molecule has 1 N–H and O–H groups in total. The Morgan fingerprint density at radius 2 is 1.93 bits per heavy atom. The number of thioether (sulfide) groups is 1. The Balaban J connectivity index is 0.